The summed E-state index contributed by atoms with van der Waals surface area (Å²) in [5, 5.41) is 17.7. The van der Waals surface area contributed by atoms with E-state index < -0.39 is 17.9 Å². The molecule has 0 aromatic carbocycles. The van der Waals surface area contributed by atoms with Crippen LogP contribution in [0.15, 0.2) is 0 Å². The topological polar surface area (TPSA) is 81.1 Å². The summed E-state index contributed by atoms with van der Waals surface area (Å²) in [6.45, 7) is 9.42. The van der Waals surface area contributed by atoms with Gasteiger partial charge in [-0.3, -0.25) is 14.5 Å². The lowest BCUT2D eigenvalue weighted by atomic mass is 10.1. The SMILES string of the molecule is CCN(CC)CCCN(CC(=O)O)CC(C)C(=O)O. The van der Waals surface area contributed by atoms with E-state index in [2.05, 4.69) is 18.7 Å². The van der Waals surface area contributed by atoms with E-state index in [1.165, 1.54) is 0 Å². The zero-order valence-corrected chi connectivity index (χ0v) is 12.1. The van der Waals surface area contributed by atoms with Crippen LogP contribution in [0.1, 0.15) is 27.2 Å². The van der Waals surface area contributed by atoms with Gasteiger partial charge < -0.3 is 15.1 Å². The van der Waals surface area contributed by atoms with Gasteiger partial charge in [-0.2, -0.15) is 0 Å². The van der Waals surface area contributed by atoms with Crippen molar-refractivity contribution in [3.63, 3.8) is 0 Å². The number of rotatable bonds is 11. The molecule has 1 atom stereocenters. The number of hydrogen-bond acceptors (Lipinski definition) is 4. The Kier molecular flexibility index (Phi) is 9.16. The minimum absolute atomic E-state index is 0.101. The van der Waals surface area contributed by atoms with Crippen LogP contribution in [-0.4, -0.2) is 71.2 Å². The van der Waals surface area contributed by atoms with Crippen molar-refractivity contribution in [1.82, 2.24) is 9.80 Å². The average molecular weight is 274 g/mol. The summed E-state index contributed by atoms with van der Waals surface area (Å²) >= 11 is 0. The van der Waals surface area contributed by atoms with E-state index >= 15 is 0 Å². The van der Waals surface area contributed by atoms with Crippen molar-refractivity contribution in [1.29, 1.82) is 0 Å². The Bertz CT molecular complexity index is 280. The fraction of sp³-hybridized carbons (Fsp3) is 0.846. The van der Waals surface area contributed by atoms with Crippen molar-refractivity contribution in [3.8, 4) is 0 Å². The summed E-state index contributed by atoms with van der Waals surface area (Å²) in [5.74, 6) is -2.35. The molecule has 112 valence electrons. The molecule has 6 nitrogen and oxygen atoms in total. The molecule has 0 radical (unpaired) electrons. The van der Waals surface area contributed by atoms with Gasteiger partial charge in [-0.1, -0.05) is 20.8 Å². The molecule has 0 spiro atoms. The van der Waals surface area contributed by atoms with Gasteiger partial charge in [0.1, 0.15) is 0 Å². The second kappa shape index (κ2) is 9.75. The molecule has 0 saturated heterocycles. The lowest BCUT2D eigenvalue weighted by molar-refractivity contribution is -0.144. The quantitative estimate of drug-likeness (QED) is 0.581. The van der Waals surface area contributed by atoms with Crippen LogP contribution in [0.2, 0.25) is 0 Å². The maximum absolute atomic E-state index is 10.8. The zero-order chi connectivity index (χ0) is 14.8. The van der Waals surface area contributed by atoms with Crippen molar-refractivity contribution in [2.24, 2.45) is 5.92 Å². The van der Waals surface area contributed by atoms with Crippen molar-refractivity contribution < 1.29 is 19.8 Å². The van der Waals surface area contributed by atoms with Gasteiger partial charge in [0.15, 0.2) is 0 Å². The monoisotopic (exact) mass is 274 g/mol. The summed E-state index contributed by atoms with van der Waals surface area (Å²) in [7, 11) is 0. The highest BCUT2D eigenvalue weighted by Crippen LogP contribution is 2.02. The third kappa shape index (κ3) is 8.56. The summed E-state index contributed by atoms with van der Waals surface area (Å²) < 4.78 is 0. The Balaban J connectivity index is 4.20. The molecule has 1 unspecified atom stereocenters. The van der Waals surface area contributed by atoms with Gasteiger partial charge in [0.25, 0.3) is 0 Å². The molecule has 0 aliphatic heterocycles. The van der Waals surface area contributed by atoms with Crippen LogP contribution in [0.25, 0.3) is 0 Å². The highest BCUT2D eigenvalue weighted by molar-refractivity contribution is 5.71. The summed E-state index contributed by atoms with van der Waals surface area (Å²) in [4.78, 5) is 25.5. The van der Waals surface area contributed by atoms with E-state index in [-0.39, 0.29) is 13.1 Å². The summed E-state index contributed by atoms with van der Waals surface area (Å²) in [5.41, 5.74) is 0. The standard InChI is InChI=1S/C13H26N2O4/c1-4-14(5-2)7-6-8-15(10-12(16)17)9-11(3)13(18)19/h11H,4-10H2,1-3H3,(H,16,17)(H,18,19). The molecule has 0 aromatic heterocycles. The van der Waals surface area contributed by atoms with Gasteiger partial charge in [0.2, 0.25) is 0 Å². The number of carbonyl (C=O) groups is 2. The van der Waals surface area contributed by atoms with Crippen molar-refractivity contribution >= 4 is 11.9 Å². The molecule has 0 fully saturated rings. The minimum atomic E-state index is -0.916. The third-order valence-electron chi connectivity index (χ3n) is 3.16. The van der Waals surface area contributed by atoms with E-state index in [9.17, 15) is 9.59 Å². The summed E-state index contributed by atoms with van der Waals surface area (Å²) in [6.07, 6.45) is 0.849. The Morgan fingerprint density at radius 3 is 2.00 bits per heavy atom. The van der Waals surface area contributed by atoms with E-state index in [0.717, 1.165) is 26.1 Å². The second-order valence-corrected chi connectivity index (χ2v) is 4.75. The molecule has 0 rings (SSSR count). The predicted molar refractivity (Wildman–Crippen MR) is 73.3 cm³/mol. The molecule has 0 heterocycles. The van der Waals surface area contributed by atoms with Crippen LogP contribution in [0.3, 0.4) is 0 Å². The van der Waals surface area contributed by atoms with E-state index in [1.807, 2.05) is 0 Å². The fourth-order valence-electron chi connectivity index (χ4n) is 1.95. The Morgan fingerprint density at radius 1 is 1.05 bits per heavy atom. The Hall–Kier alpha value is -1.14. The van der Waals surface area contributed by atoms with E-state index in [4.69, 9.17) is 10.2 Å². The molecular weight excluding hydrogens is 248 g/mol. The van der Waals surface area contributed by atoms with E-state index in [0.29, 0.717) is 6.54 Å². The fourth-order valence-corrected chi connectivity index (χ4v) is 1.95. The van der Waals surface area contributed by atoms with Crippen molar-refractivity contribution in [2.75, 3.05) is 39.3 Å². The summed E-state index contributed by atoms with van der Waals surface area (Å²) in [6, 6.07) is 0. The maximum Gasteiger partial charge on any atom is 0.317 e. The highest BCUT2D eigenvalue weighted by Gasteiger charge is 2.18. The van der Waals surface area contributed by atoms with Crippen LogP contribution < -0.4 is 0 Å². The van der Waals surface area contributed by atoms with Crippen LogP contribution >= 0.6 is 0 Å². The largest absolute Gasteiger partial charge is 0.481 e. The molecule has 2 N–H and O–H groups in total. The number of hydrogen-bond donors (Lipinski definition) is 2. The molecular formula is C13H26N2O4. The number of aliphatic carboxylic acids is 2. The second-order valence-electron chi connectivity index (χ2n) is 4.75. The first-order chi connectivity index (χ1) is 8.90. The normalized spacial score (nSPS) is 12.9. The smallest absolute Gasteiger partial charge is 0.317 e. The lowest BCUT2D eigenvalue weighted by Crippen LogP contribution is -2.37. The first kappa shape index (κ1) is 17.9. The first-order valence-corrected chi connectivity index (χ1v) is 6.79. The van der Waals surface area contributed by atoms with Crippen molar-refractivity contribution in [3.05, 3.63) is 0 Å². The third-order valence-corrected chi connectivity index (χ3v) is 3.16. The van der Waals surface area contributed by atoms with Gasteiger partial charge in [-0.05, 0) is 32.6 Å². The molecule has 0 bridgehead atoms. The van der Waals surface area contributed by atoms with Gasteiger partial charge in [0.05, 0.1) is 12.5 Å². The maximum atomic E-state index is 10.8. The van der Waals surface area contributed by atoms with Gasteiger partial charge in [-0.15, -0.1) is 0 Å². The Morgan fingerprint density at radius 2 is 1.58 bits per heavy atom. The highest BCUT2D eigenvalue weighted by atomic mass is 16.4. The minimum Gasteiger partial charge on any atom is -0.481 e. The molecule has 6 heteroatoms. The van der Waals surface area contributed by atoms with Gasteiger partial charge in [0, 0.05) is 6.54 Å². The average Bonchev–Trinajstić information content (AvgIpc) is 2.33. The molecule has 0 aliphatic carbocycles. The van der Waals surface area contributed by atoms with Gasteiger partial charge in [-0.25, -0.2) is 0 Å². The first-order valence-electron chi connectivity index (χ1n) is 6.79. The molecule has 0 amide bonds. The van der Waals surface area contributed by atoms with Crippen LogP contribution in [0, 0.1) is 5.92 Å². The van der Waals surface area contributed by atoms with Crippen LogP contribution in [-0.2, 0) is 9.59 Å². The predicted octanol–water partition coefficient (Wildman–Crippen LogP) is 0.826. The number of carboxylic acid groups (broad SMARTS) is 2. The van der Waals surface area contributed by atoms with Crippen LogP contribution in [0.4, 0.5) is 0 Å². The van der Waals surface area contributed by atoms with Crippen LogP contribution in [0.5, 0.6) is 0 Å². The van der Waals surface area contributed by atoms with Gasteiger partial charge >= 0.3 is 11.9 Å². The molecule has 0 aromatic rings. The lowest BCUT2D eigenvalue weighted by Gasteiger charge is -2.24. The molecule has 0 aliphatic rings. The number of nitrogens with zero attached hydrogens (tertiary/aromatic N) is 2. The zero-order valence-electron chi connectivity index (χ0n) is 12.1. The Labute approximate surface area is 115 Å². The number of carboxylic acids is 2. The molecule has 0 saturated carbocycles. The van der Waals surface area contributed by atoms with Crippen molar-refractivity contribution in [2.45, 2.75) is 27.2 Å². The molecule has 19 heavy (non-hydrogen) atoms. The van der Waals surface area contributed by atoms with E-state index in [1.54, 1.807) is 11.8 Å².